The summed E-state index contributed by atoms with van der Waals surface area (Å²) in [6.07, 6.45) is 0. The zero-order valence-electron chi connectivity index (χ0n) is 21.1. The maximum Gasteiger partial charge on any atom is 0.301 e. The Labute approximate surface area is 211 Å². The Hall–Kier alpha value is -2.35. The molecule has 1 unspecified atom stereocenters. The van der Waals surface area contributed by atoms with Crippen LogP contribution >= 0.6 is 10.9 Å². The molecule has 190 valence electrons. The average Bonchev–Trinajstić information content (AvgIpc) is 2.77. The van der Waals surface area contributed by atoms with Crippen molar-refractivity contribution in [3.05, 3.63) is 83.9 Å². The van der Waals surface area contributed by atoms with Crippen LogP contribution in [0.5, 0.6) is 5.75 Å². The second-order valence-electron chi connectivity index (χ2n) is 10.7. The molecule has 0 aliphatic heterocycles. The molecule has 3 aromatic carbocycles. The fourth-order valence-electron chi connectivity index (χ4n) is 3.61. The Morgan fingerprint density at radius 2 is 1.09 bits per heavy atom. The van der Waals surface area contributed by atoms with Gasteiger partial charge in [0, 0.05) is 0 Å². The van der Waals surface area contributed by atoms with E-state index < -0.39 is 33.1 Å². The lowest BCUT2D eigenvalue weighted by Gasteiger charge is -2.26. The Bertz CT molecular complexity index is 1170. The van der Waals surface area contributed by atoms with Crippen LogP contribution in [0, 0.1) is 0 Å². The third kappa shape index (κ3) is 7.09. The number of thiol groups is 1. The molecule has 0 aliphatic carbocycles. The minimum absolute atomic E-state index is 0.0605. The molecular formula is C28H35FO4S2. The number of ether oxygens (including phenoxy) is 1. The SMILES string of the molecule is CC(C)(C)c1ccc([SH](c2ccc(OCC(F)S(=O)(=O)O)cc2)c2ccc(C(C)(C)C)cc2)cc1. The van der Waals surface area contributed by atoms with Gasteiger partial charge in [0.25, 0.3) is 5.50 Å². The summed E-state index contributed by atoms with van der Waals surface area (Å²) in [6.45, 7) is 12.4. The molecule has 4 nitrogen and oxygen atoms in total. The van der Waals surface area contributed by atoms with Crippen LogP contribution in [0.1, 0.15) is 52.7 Å². The normalized spacial score (nSPS) is 13.9. The lowest BCUT2D eigenvalue weighted by Crippen LogP contribution is -2.22. The number of alkyl halides is 1. The van der Waals surface area contributed by atoms with Crippen molar-refractivity contribution in [2.24, 2.45) is 0 Å². The van der Waals surface area contributed by atoms with Crippen molar-refractivity contribution in [2.45, 2.75) is 72.6 Å². The zero-order valence-corrected chi connectivity index (χ0v) is 22.8. The molecule has 3 aromatic rings. The second kappa shape index (κ2) is 10.3. The summed E-state index contributed by atoms with van der Waals surface area (Å²) >= 11 is 0. The van der Waals surface area contributed by atoms with Crippen molar-refractivity contribution >= 4 is 21.0 Å². The molecule has 35 heavy (non-hydrogen) atoms. The predicted molar refractivity (Wildman–Crippen MR) is 142 cm³/mol. The first-order chi connectivity index (χ1) is 16.2. The molecule has 7 heteroatoms. The average molecular weight is 519 g/mol. The first-order valence-corrected chi connectivity index (χ1v) is 14.4. The van der Waals surface area contributed by atoms with Crippen molar-refractivity contribution in [3.8, 4) is 5.75 Å². The molecule has 0 bridgehead atoms. The van der Waals surface area contributed by atoms with E-state index in [1.54, 1.807) is 12.1 Å². The molecular weight excluding hydrogens is 483 g/mol. The van der Waals surface area contributed by atoms with Gasteiger partial charge < -0.3 is 4.74 Å². The van der Waals surface area contributed by atoms with Gasteiger partial charge in [0.2, 0.25) is 0 Å². The van der Waals surface area contributed by atoms with Gasteiger partial charge in [-0.15, -0.1) is 0 Å². The van der Waals surface area contributed by atoms with E-state index in [1.165, 1.54) is 20.9 Å². The number of halogens is 1. The summed E-state index contributed by atoms with van der Waals surface area (Å²) in [5, 5.41) is 0. The number of hydrogen-bond acceptors (Lipinski definition) is 3. The van der Waals surface area contributed by atoms with Crippen LogP contribution in [-0.2, 0) is 20.9 Å². The van der Waals surface area contributed by atoms with E-state index in [2.05, 4.69) is 90.1 Å². The monoisotopic (exact) mass is 518 g/mol. The molecule has 0 heterocycles. The highest BCUT2D eigenvalue weighted by molar-refractivity contribution is 8.17. The Kier molecular flexibility index (Phi) is 8.04. The first kappa shape index (κ1) is 27.2. The van der Waals surface area contributed by atoms with E-state index in [0.29, 0.717) is 5.75 Å². The van der Waals surface area contributed by atoms with Gasteiger partial charge in [-0.25, -0.2) is 4.39 Å². The predicted octanol–water partition coefficient (Wildman–Crippen LogP) is 7.32. The number of benzene rings is 3. The molecule has 0 spiro atoms. The van der Waals surface area contributed by atoms with Crippen molar-refractivity contribution < 1.29 is 22.1 Å². The van der Waals surface area contributed by atoms with Crippen LogP contribution in [0.15, 0.2) is 87.5 Å². The van der Waals surface area contributed by atoms with E-state index in [4.69, 9.17) is 9.29 Å². The Balaban J connectivity index is 1.95. The highest BCUT2D eigenvalue weighted by atomic mass is 32.2. The molecule has 0 radical (unpaired) electrons. The van der Waals surface area contributed by atoms with Gasteiger partial charge in [0.1, 0.15) is 12.4 Å². The molecule has 0 aromatic heterocycles. The maximum atomic E-state index is 13.5. The van der Waals surface area contributed by atoms with Gasteiger partial charge in [-0.05, 0) is 85.2 Å². The highest BCUT2D eigenvalue weighted by Gasteiger charge is 2.23. The topological polar surface area (TPSA) is 63.6 Å². The van der Waals surface area contributed by atoms with Crippen molar-refractivity contribution in [1.82, 2.24) is 0 Å². The van der Waals surface area contributed by atoms with Gasteiger partial charge in [-0.1, -0.05) is 65.8 Å². The van der Waals surface area contributed by atoms with Gasteiger partial charge in [0.05, 0.1) is 0 Å². The van der Waals surface area contributed by atoms with Gasteiger partial charge >= 0.3 is 10.1 Å². The van der Waals surface area contributed by atoms with Crippen molar-refractivity contribution in [3.63, 3.8) is 0 Å². The van der Waals surface area contributed by atoms with Crippen LogP contribution < -0.4 is 4.74 Å². The summed E-state index contributed by atoms with van der Waals surface area (Å²) in [6, 6.07) is 24.7. The van der Waals surface area contributed by atoms with E-state index in [1.807, 2.05) is 12.1 Å². The van der Waals surface area contributed by atoms with E-state index in [9.17, 15) is 12.8 Å². The fourth-order valence-corrected chi connectivity index (χ4v) is 6.08. The molecule has 3 rings (SSSR count). The van der Waals surface area contributed by atoms with Crippen molar-refractivity contribution in [1.29, 1.82) is 0 Å². The smallest absolute Gasteiger partial charge is 0.301 e. The van der Waals surface area contributed by atoms with Gasteiger partial charge in [0.15, 0.2) is 0 Å². The number of hydrogen-bond donors (Lipinski definition) is 2. The quantitative estimate of drug-likeness (QED) is 0.254. The third-order valence-electron chi connectivity index (χ3n) is 5.78. The molecule has 1 N–H and O–H groups in total. The highest BCUT2D eigenvalue weighted by Crippen LogP contribution is 2.52. The van der Waals surface area contributed by atoms with Crippen LogP contribution in [0.2, 0.25) is 0 Å². The lowest BCUT2D eigenvalue weighted by molar-refractivity contribution is 0.235. The summed E-state index contributed by atoms with van der Waals surface area (Å²) in [5.41, 5.74) is 0.169. The van der Waals surface area contributed by atoms with Gasteiger partial charge in [-0.2, -0.15) is 19.3 Å². The van der Waals surface area contributed by atoms with Crippen molar-refractivity contribution in [2.75, 3.05) is 6.61 Å². The molecule has 0 saturated heterocycles. The van der Waals surface area contributed by atoms with Crippen LogP contribution in [0.25, 0.3) is 0 Å². The minimum atomic E-state index is -4.78. The molecule has 1 atom stereocenters. The molecule has 0 amide bonds. The number of rotatable bonds is 7. The second-order valence-corrected chi connectivity index (χ2v) is 14.4. The molecule has 0 saturated carbocycles. The minimum Gasteiger partial charge on any atom is -0.489 e. The molecule has 0 aliphatic rings. The van der Waals surface area contributed by atoms with Crippen LogP contribution in [-0.4, -0.2) is 25.1 Å². The summed E-state index contributed by atoms with van der Waals surface area (Å²) < 4.78 is 49.3. The summed E-state index contributed by atoms with van der Waals surface area (Å²) in [7, 11) is -5.64. The maximum absolute atomic E-state index is 13.5. The largest absolute Gasteiger partial charge is 0.489 e. The zero-order chi connectivity index (χ0) is 26.0. The first-order valence-electron chi connectivity index (χ1n) is 11.5. The Morgan fingerprint density at radius 1 is 0.743 bits per heavy atom. The lowest BCUT2D eigenvalue weighted by atomic mass is 9.87. The third-order valence-corrected chi connectivity index (χ3v) is 9.01. The standard InChI is InChI=1S/C28H35FO4S2/c1-27(2,3)20-7-13-23(14-8-20)34(24-15-9-21(10-16-24)28(4,5)6)25-17-11-22(12-18-25)33-19-26(29)35(30,31)32/h7-18,26,34H,19H2,1-6H3,(H,30,31,32). The summed E-state index contributed by atoms with van der Waals surface area (Å²) in [4.78, 5) is 3.51. The molecule has 0 fully saturated rings. The Morgan fingerprint density at radius 3 is 1.40 bits per heavy atom. The van der Waals surface area contributed by atoms with Crippen LogP contribution in [0.4, 0.5) is 4.39 Å². The summed E-state index contributed by atoms with van der Waals surface area (Å²) in [5.74, 6) is 0.334. The van der Waals surface area contributed by atoms with E-state index in [-0.39, 0.29) is 10.8 Å². The van der Waals surface area contributed by atoms with Gasteiger partial charge in [-0.3, -0.25) is 4.55 Å². The van der Waals surface area contributed by atoms with Crippen LogP contribution in [0.3, 0.4) is 0 Å². The fraction of sp³-hybridized carbons (Fsp3) is 0.357. The van der Waals surface area contributed by atoms with E-state index in [0.717, 1.165) is 4.90 Å². The van der Waals surface area contributed by atoms with E-state index >= 15 is 0 Å².